The summed E-state index contributed by atoms with van der Waals surface area (Å²) in [7, 11) is 0. The van der Waals surface area contributed by atoms with E-state index in [1.807, 2.05) is 6.92 Å². The normalized spacial score (nSPS) is 18.1. The lowest BCUT2D eigenvalue weighted by molar-refractivity contribution is 0.179. The predicted octanol–water partition coefficient (Wildman–Crippen LogP) is 3.60. The Labute approximate surface area is 124 Å². The summed E-state index contributed by atoms with van der Waals surface area (Å²) in [6, 6.07) is 12.9. The number of rotatable bonds is 4. The highest BCUT2D eigenvalue weighted by Gasteiger charge is 2.26. The van der Waals surface area contributed by atoms with Crippen LogP contribution in [0.3, 0.4) is 0 Å². The second-order valence-electron chi connectivity index (χ2n) is 5.72. The third-order valence-corrected chi connectivity index (χ3v) is 4.08. The minimum absolute atomic E-state index is 0.000234. The van der Waals surface area contributed by atoms with Crippen LogP contribution in [0.2, 0.25) is 0 Å². The number of aryl methyl sites for hydroxylation is 1. The van der Waals surface area contributed by atoms with E-state index in [1.54, 1.807) is 6.07 Å². The van der Waals surface area contributed by atoms with Crippen molar-refractivity contribution in [3.05, 3.63) is 65.0 Å². The molecular formula is C18H19FO2. The van der Waals surface area contributed by atoms with Crippen LogP contribution in [0.25, 0.3) is 0 Å². The molecule has 0 saturated heterocycles. The highest BCUT2D eigenvalue weighted by Crippen LogP contribution is 2.33. The topological polar surface area (TPSA) is 29.5 Å². The zero-order valence-corrected chi connectivity index (χ0v) is 12.1. The Kier molecular flexibility index (Phi) is 3.93. The fourth-order valence-corrected chi connectivity index (χ4v) is 2.89. The van der Waals surface area contributed by atoms with Gasteiger partial charge in [0.2, 0.25) is 0 Å². The maximum absolute atomic E-state index is 13.2. The number of aliphatic hydroxyl groups excluding tert-OH is 1. The van der Waals surface area contributed by atoms with Crippen LogP contribution in [0.1, 0.15) is 29.0 Å². The summed E-state index contributed by atoms with van der Waals surface area (Å²) in [6.07, 6.45) is 1.44. The molecule has 3 heteroatoms. The largest absolute Gasteiger partial charge is 0.490 e. The van der Waals surface area contributed by atoms with E-state index in [0.29, 0.717) is 6.42 Å². The van der Waals surface area contributed by atoms with Crippen LogP contribution in [0, 0.1) is 12.7 Å². The monoisotopic (exact) mass is 286 g/mol. The standard InChI is InChI=1S/C18H19FO2/c1-12-2-4-13(5-3-12)15(11-20)10-17-9-14-8-16(19)6-7-18(14)21-17/h2-8,15,17,20H,9-11H2,1H3. The third-order valence-electron chi connectivity index (χ3n) is 4.08. The Balaban J connectivity index is 1.70. The molecule has 0 radical (unpaired) electrons. The molecule has 2 unspecified atom stereocenters. The molecule has 0 fully saturated rings. The fraction of sp³-hybridized carbons (Fsp3) is 0.333. The van der Waals surface area contributed by atoms with Gasteiger partial charge in [-0.05, 0) is 37.1 Å². The van der Waals surface area contributed by atoms with Crippen LogP contribution >= 0.6 is 0 Å². The Hall–Kier alpha value is -1.87. The van der Waals surface area contributed by atoms with Crippen LogP contribution in [0.4, 0.5) is 4.39 Å². The van der Waals surface area contributed by atoms with Crippen molar-refractivity contribution in [3.63, 3.8) is 0 Å². The summed E-state index contributed by atoms with van der Waals surface area (Å²) in [5, 5.41) is 9.65. The van der Waals surface area contributed by atoms with E-state index in [-0.39, 0.29) is 24.4 Å². The Bertz CT molecular complexity index is 622. The van der Waals surface area contributed by atoms with E-state index in [4.69, 9.17) is 4.74 Å². The fourth-order valence-electron chi connectivity index (χ4n) is 2.89. The molecule has 0 spiro atoms. The lowest BCUT2D eigenvalue weighted by Crippen LogP contribution is -2.19. The lowest BCUT2D eigenvalue weighted by atomic mass is 9.92. The molecule has 2 aromatic rings. The Morgan fingerprint density at radius 1 is 1.24 bits per heavy atom. The van der Waals surface area contributed by atoms with Gasteiger partial charge in [-0.2, -0.15) is 0 Å². The summed E-state index contributed by atoms with van der Waals surface area (Å²) in [5.74, 6) is 0.590. The van der Waals surface area contributed by atoms with Crippen LogP contribution < -0.4 is 4.74 Å². The van der Waals surface area contributed by atoms with Gasteiger partial charge in [-0.15, -0.1) is 0 Å². The molecule has 1 aliphatic rings. The van der Waals surface area contributed by atoms with Crippen molar-refractivity contribution in [2.24, 2.45) is 0 Å². The molecule has 1 N–H and O–H groups in total. The first-order chi connectivity index (χ1) is 10.2. The summed E-state index contributed by atoms with van der Waals surface area (Å²) in [6.45, 7) is 2.14. The van der Waals surface area contributed by atoms with Crippen molar-refractivity contribution in [3.8, 4) is 5.75 Å². The lowest BCUT2D eigenvalue weighted by Gasteiger charge is -2.19. The van der Waals surface area contributed by atoms with Crippen molar-refractivity contribution < 1.29 is 14.2 Å². The molecule has 2 aromatic carbocycles. The molecule has 0 saturated carbocycles. The number of halogens is 1. The minimum atomic E-state index is -0.227. The van der Waals surface area contributed by atoms with Crippen molar-refractivity contribution in [2.75, 3.05) is 6.61 Å². The van der Waals surface area contributed by atoms with Gasteiger partial charge in [0.15, 0.2) is 0 Å². The van der Waals surface area contributed by atoms with Gasteiger partial charge in [0.1, 0.15) is 17.7 Å². The van der Waals surface area contributed by atoms with Crippen LogP contribution in [-0.2, 0) is 6.42 Å². The Morgan fingerprint density at radius 2 is 2.00 bits per heavy atom. The molecule has 0 bridgehead atoms. The summed E-state index contributed by atoms with van der Waals surface area (Å²) in [4.78, 5) is 0. The molecule has 110 valence electrons. The van der Waals surface area contributed by atoms with Gasteiger partial charge >= 0.3 is 0 Å². The number of hydrogen-bond acceptors (Lipinski definition) is 2. The summed E-state index contributed by atoms with van der Waals surface area (Å²) >= 11 is 0. The Morgan fingerprint density at radius 3 is 2.71 bits per heavy atom. The van der Waals surface area contributed by atoms with Crippen LogP contribution in [-0.4, -0.2) is 17.8 Å². The van der Waals surface area contributed by atoms with Crippen molar-refractivity contribution >= 4 is 0 Å². The molecule has 0 aliphatic carbocycles. The summed E-state index contributed by atoms with van der Waals surface area (Å²) < 4.78 is 19.1. The van der Waals surface area contributed by atoms with Crippen LogP contribution in [0.5, 0.6) is 5.75 Å². The van der Waals surface area contributed by atoms with Crippen molar-refractivity contribution in [1.82, 2.24) is 0 Å². The molecule has 3 rings (SSSR count). The van der Waals surface area contributed by atoms with Gasteiger partial charge in [-0.3, -0.25) is 0 Å². The van der Waals surface area contributed by atoms with Gasteiger partial charge in [-0.1, -0.05) is 29.8 Å². The second kappa shape index (κ2) is 5.86. The van der Waals surface area contributed by atoms with E-state index in [1.165, 1.54) is 17.7 Å². The average molecular weight is 286 g/mol. The zero-order chi connectivity index (χ0) is 14.8. The van der Waals surface area contributed by atoms with E-state index in [2.05, 4.69) is 24.3 Å². The first-order valence-electron chi connectivity index (χ1n) is 7.28. The molecule has 2 nitrogen and oxygen atoms in total. The quantitative estimate of drug-likeness (QED) is 0.930. The summed E-state index contributed by atoms with van der Waals surface area (Å²) in [5.41, 5.74) is 3.24. The number of hydrogen-bond donors (Lipinski definition) is 1. The van der Waals surface area contributed by atoms with Gasteiger partial charge in [-0.25, -0.2) is 4.39 Å². The third kappa shape index (κ3) is 3.08. The maximum Gasteiger partial charge on any atom is 0.123 e. The van der Waals surface area contributed by atoms with E-state index in [0.717, 1.165) is 23.3 Å². The van der Waals surface area contributed by atoms with E-state index < -0.39 is 0 Å². The molecule has 0 amide bonds. The van der Waals surface area contributed by atoms with Gasteiger partial charge in [0.05, 0.1) is 6.61 Å². The molecule has 2 atom stereocenters. The highest BCUT2D eigenvalue weighted by atomic mass is 19.1. The molecule has 0 aromatic heterocycles. The predicted molar refractivity (Wildman–Crippen MR) is 80.1 cm³/mol. The SMILES string of the molecule is Cc1ccc(C(CO)CC2Cc3cc(F)ccc3O2)cc1. The molecule has 21 heavy (non-hydrogen) atoms. The van der Waals surface area contributed by atoms with Gasteiger partial charge in [0, 0.05) is 17.9 Å². The van der Waals surface area contributed by atoms with E-state index >= 15 is 0 Å². The number of benzene rings is 2. The van der Waals surface area contributed by atoms with Crippen molar-refractivity contribution in [2.45, 2.75) is 31.8 Å². The first kappa shape index (κ1) is 14.1. The molecule has 1 aliphatic heterocycles. The first-order valence-corrected chi connectivity index (χ1v) is 7.28. The number of aliphatic hydroxyl groups is 1. The molecule has 1 heterocycles. The van der Waals surface area contributed by atoms with Crippen molar-refractivity contribution in [1.29, 1.82) is 0 Å². The maximum atomic E-state index is 13.2. The second-order valence-corrected chi connectivity index (χ2v) is 5.72. The number of fused-ring (bicyclic) bond motifs is 1. The highest BCUT2D eigenvalue weighted by molar-refractivity contribution is 5.38. The smallest absolute Gasteiger partial charge is 0.123 e. The number of ether oxygens (including phenoxy) is 1. The average Bonchev–Trinajstić information content (AvgIpc) is 2.87. The van der Waals surface area contributed by atoms with E-state index in [9.17, 15) is 9.50 Å². The molecular weight excluding hydrogens is 267 g/mol. The van der Waals surface area contributed by atoms with Gasteiger partial charge in [0.25, 0.3) is 0 Å². The minimum Gasteiger partial charge on any atom is -0.490 e. The van der Waals surface area contributed by atoms with Gasteiger partial charge < -0.3 is 9.84 Å². The van der Waals surface area contributed by atoms with Crippen LogP contribution in [0.15, 0.2) is 42.5 Å². The zero-order valence-electron chi connectivity index (χ0n) is 12.1.